The molecular formula is C12H19N5S. The molecule has 0 aliphatic carbocycles. The molecule has 2 heterocycles. The maximum Gasteiger partial charge on any atom is 0.148 e. The molecule has 0 spiro atoms. The van der Waals surface area contributed by atoms with Crippen LogP contribution in [0.25, 0.3) is 0 Å². The summed E-state index contributed by atoms with van der Waals surface area (Å²) in [5.41, 5.74) is 7.85. The van der Waals surface area contributed by atoms with E-state index < -0.39 is 0 Å². The predicted octanol–water partition coefficient (Wildman–Crippen LogP) is 2.58. The first-order chi connectivity index (χ1) is 8.63. The molecule has 1 atom stereocenters. The lowest BCUT2D eigenvalue weighted by atomic mass is 10.2. The zero-order valence-corrected chi connectivity index (χ0v) is 11.8. The van der Waals surface area contributed by atoms with Gasteiger partial charge in [-0.25, -0.2) is 4.98 Å². The second-order valence-corrected chi connectivity index (χ2v) is 5.25. The summed E-state index contributed by atoms with van der Waals surface area (Å²) in [6, 6.07) is 0.136. The normalized spacial score (nSPS) is 12.6. The maximum absolute atomic E-state index is 6.13. The van der Waals surface area contributed by atoms with E-state index in [9.17, 15) is 0 Å². The summed E-state index contributed by atoms with van der Waals surface area (Å²) in [6.45, 7) is 4.20. The van der Waals surface area contributed by atoms with E-state index in [4.69, 9.17) is 5.73 Å². The summed E-state index contributed by atoms with van der Waals surface area (Å²) in [6.07, 6.45) is 3.77. The minimum Gasteiger partial charge on any atom is -0.394 e. The van der Waals surface area contributed by atoms with Gasteiger partial charge < -0.3 is 11.1 Å². The van der Waals surface area contributed by atoms with Crippen molar-refractivity contribution in [3.8, 4) is 0 Å². The van der Waals surface area contributed by atoms with Gasteiger partial charge in [0, 0.05) is 18.6 Å². The van der Waals surface area contributed by atoms with Crippen molar-refractivity contribution < 1.29 is 0 Å². The first-order valence-electron chi connectivity index (χ1n) is 6.10. The molecule has 1 unspecified atom stereocenters. The molecule has 0 radical (unpaired) electrons. The van der Waals surface area contributed by atoms with Crippen LogP contribution in [0.5, 0.6) is 0 Å². The molecule has 0 amide bonds. The molecular weight excluding hydrogens is 246 g/mol. The lowest BCUT2D eigenvalue weighted by Crippen LogP contribution is -2.11. The number of aromatic nitrogens is 3. The van der Waals surface area contributed by atoms with Gasteiger partial charge in [-0.3, -0.25) is 4.68 Å². The van der Waals surface area contributed by atoms with Crippen LogP contribution in [0, 0.1) is 0 Å². The van der Waals surface area contributed by atoms with Gasteiger partial charge in [0.15, 0.2) is 0 Å². The second-order valence-electron chi connectivity index (χ2n) is 4.32. The van der Waals surface area contributed by atoms with E-state index in [1.807, 2.05) is 23.3 Å². The van der Waals surface area contributed by atoms with Crippen LogP contribution < -0.4 is 11.1 Å². The van der Waals surface area contributed by atoms with E-state index in [1.165, 1.54) is 0 Å². The Balaban J connectivity index is 2.18. The fourth-order valence-electron chi connectivity index (χ4n) is 1.90. The zero-order valence-electron chi connectivity index (χ0n) is 11.0. The van der Waals surface area contributed by atoms with E-state index in [2.05, 4.69) is 29.2 Å². The third-order valence-corrected chi connectivity index (χ3v) is 3.78. The van der Waals surface area contributed by atoms with Crippen LogP contribution in [-0.4, -0.2) is 14.8 Å². The first-order valence-corrected chi connectivity index (χ1v) is 6.98. The van der Waals surface area contributed by atoms with Gasteiger partial charge in [0.25, 0.3) is 0 Å². The third-order valence-electron chi connectivity index (χ3n) is 2.82. The Hall–Kier alpha value is -1.56. The predicted molar refractivity (Wildman–Crippen MR) is 75.8 cm³/mol. The SMILES string of the molecule is CCCc1nn(C)c(NC(C)c2nccs2)c1N. The third kappa shape index (κ3) is 2.48. The van der Waals surface area contributed by atoms with Crippen LogP contribution in [0.2, 0.25) is 0 Å². The summed E-state index contributed by atoms with van der Waals surface area (Å²) in [5, 5.41) is 10.9. The summed E-state index contributed by atoms with van der Waals surface area (Å²) in [5.74, 6) is 0.876. The topological polar surface area (TPSA) is 68.8 Å². The summed E-state index contributed by atoms with van der Waals surface area (Å²) < 4.78 is 1.81. The van der Waals surface area contributed by atoms with Crippen molar-refractivity contribution in [3.05, 3.63) is 22.3 Å². The second kappa shape index (κ2) is 5.39. The molecule has 0 saturated carbocycles. The highest BCUT2D eigenvalue weighted by Gasteiger charge is 2.16. The van der Waals surface area contributed by atoms with E-state index in [-0.39, 0.29) is 6.04 Å². The molecule has 18 heavy (non-hydrogen) atoms. The lowest BCUT2D eigenvalue weighted by Gasteiger charge is -2.13. The Morgan fingerprint density at radius 2 is 2.33 bits per heavy atom. The van der Waals surface area contributed by atoms with E-state index in [0.717, 1.165) is 35.0 Å². The number of nitrogens with zero attached hydrogens (tertiary/aromatic N) is 3. The molecule has 0 aliphatic rings. The zero-order chi connectivity index (χ0) is 13.1. The Kier molecular flexibility index (Phi) is 3.86. The van der Waals surface area contributed by atoms with Crippen LogP contribution in [0.3, 0.4) is 0 Å². The molecule has 0 saturated heterocycles. The van der Waals surface area contributed by atoms with Crippen LogP contribution in [0.1, 0.15) is 37.0 Å². The highest BCUT2D eigenvalue weighted by Crippen LogP contribution is 2.27. The molecule has 0 fully saturated rings. The molecule has 0 bridgehead atoms. The highest BCUT2D eigenvalue weighted by atomic mass is 32.1. The number of thiazole rings is 1. The Morgan fingerprint density at radius 3 is 2.94 bits per heavy atom. The van der Waals surface area contributed by atoms with E-state index >= 15 is 0 Å². The van der Waals surface area contributed by atoms with Crippen molar-refractivity contribution in [1.82, 2.24) is 14.8 Å². The van der Waals surface area contributed by atoms with Crippen molar-refractivity contribution in [2.75, 3.05) is 11.1 Å². The molecule has 0 aromatic carbocycles. The van der Waals surface area contributed by atoms with Gasteiger partial charge in [0.1, 0.15) is 10.8 Å². The van der Waals surface area contributed by atoms with Crippen LogP contribution in [0.4, 0.5) is 11.5 Å². The molecule has 3 N–H and O–H groups in total. The monoisotopic (exact) mass is 265 g/mol. The van der Waals surface area contributed by atoms with Crippen molar-refractivity contribution >= 4 is 22.8 Å². The minimum absolute atomic E-state index is 0.136. The fraction of sp³-hybridized carbons (Fsp3) is 0.500. The van der Waals surface area contributed by atoms with Gasteiger partial charge in [-0.05, 0) is 13.3 Å². The van der Waals surface area contributed by atoms with Crippen molar-refractivity contribution in [1.29, 1.82) is 0 Å². The van der Waals surface area contributed by atoms with Crippen molar-refractivity contribution in [2.45, 2.75) is 32.7 Å². The van der Waals surface area contributed by atoms with Gasteiger partial charge >= 0.3 is 0 Å². The molecule has 2 aromatic rings. The number of nitrogen functional groups attached to an aromatic ring is 1. The Labute approximate surface area is 111 Å². The number of hydrogen-bond donors (Lipinski definition) is 2. The van der Waals surface area contributed by atoms with Crippen LogP contribution >= 0.6 is 11.3 Å². The van der Waals surface area contributed by atoms with E-state index in [0.29, 0.717) is 0 Å². The average Bonchev–Trinajstić information content (AvgIpc) is 2.94. The molecule has 98 valence electrons. The van der Waals surface area contributed by atoms with Gasteiger partial charge in [-0.1, -0.05) is 13.3 Å². The lowest BCUT2D eigenvalue weighted by molar-refractivity contribution is 0.724. The van der Waals surface area contributed by atoms with Gasteiger partial charge in [0.05, 0.1) is 17.4 Å². The van der Waals surface area contributed by atoms with Gasteiger partial charge in [-0.2, -0.15) is 5.10 Å². The standard InChI is InChI=1S/C12H19N5S/c1-4-5-9-10(13)11(17(3)16-9)15-8(2)12-14-6-7-18-12/h6-8,15H,4-5,13H2,1-3H3. The number of aryl methyl sites for hydroxylation is 2. The summed E-state index contributed by atoms with van der Waals surface area (Å²) in [7, 11) is 1.91. The molecule has 0 aliphatic heterocycles. The van der Waals surface area contributed by atoms with E-state index in [1.54, 1.807) is 11.3 Å². The Bertz CT molecular complexity index is 503. The van der Waals surface area contributed by atoms with Crippen molar-refractivity contribution in [3.63, 3.8) is 0 Å². The van der Waals surface area contributed by atoms with Gasteiger partial charge in [-0.15, -0.1) is 11.3 Å². The number of nitrogens with one attached hydrogen (secondary N) is 1. The quantitative estimate of drug-likeness (QED) is 0.872. The number of nitrogens with two attached hydrogens (primary N) is 1. The fourth-order valence-corrected chi connectivity index (χ4v) is 2.55. The number of anilines is 2. The van der Waals surface area contributed by atoms with Gasteiger partial charge in [0.2, 0.25) is 0 Å². The Morgan fingerprint density at radius 1 is 1.56 bits per heavy atom. The largest absolute Gasteiger partial charge is 0.394 e. The van der Waals surface area contributed by atoms with Crippen LogP contribution in [0.15, 0.2) is 11.6 Å². The number of hydrogen-bond acceptors (Lipinski definition) is 5. The van der Waals surface area contributed by atoms with Crippen molar-refractivity contribution in [2.24, 2.45) is 7.05 Å². The summed E-state index contributed by atoms with van der Waals surface area (Å²) >= 11 is 1.63. The number of rotatable bonds is 5. The molecule has 6 heteroatoms. The highest BCUT2D eigenvalue weighted by molar-refractivity contribution is 7.09. The summed E-state index contributed by atoms with van der Waals surface area (Å²) in [4.78, 5) is 4.30. The maximum atomic E-state index is 6.13. The first kappa shape index (κ1) is 12.9. The van der Waals surface area contributed by atoms with Crippen LogP contribution in [-0.2, 0) is 13.5 Å². The molecule has 2 aromatic heterocycles. The molecule has 2 rings (SSSR count). The average molecular weight is 265 g/mol. The molecule has 5 nitrogen and oxygen atoms in total. The smallest absolute Gasteiger partial charge is 0.148 e. The minimum atomic E-state index is 0.136.